The van der Waals surface area contributed by atoms with Gasteiger partial charge in [0.2, 0.25) is 5.91 Å². The molecule has 0 bridgehead atoms. The van der Waals surface area contributed by atoms with E-state index in [1.54, 1.807) is 0 Å². The zero-order valence-corrected chi connectivity index (χ0v) is 17.4. The lowest BCUT2D eigenvalue weighted by molar-refractivity contribution is -0.120. The average molecular weight is 413 g/mol. The van der Waals surface area contributed by atoms with E-state index in [1.807, 2.05) is 43.3 Å². The van der Waals surface area contributed by atoms with E-state index in [-0.39, 0.29) is 17.8 Å². The van der Waals surface area contributed by atoms with Gasteiger partial charge in [0, 0.05) is 56.3 Å². The summed E-state index contributed by atoms with van der Waals surface area (Å²) in [5.41, 5.74) is 2.99. The molecule has 1 N–H and O–H groups in total. The summed E-state index contributed by atoms with van der Waals surface area (Å²) in [6.45, 7) is 8.47. The van der Waals surface area contributed by atoms with Gasteiger partial charge in [-0.25, -0.2) is 4.39 Å². The summed E-state index contributed by atoms with van der Waals surface area (Å²) in [7, 11) is 0. The van der Waals surface area contributed by atoms with Crippen molar-refractivity contribution < 1.29 is 13.9 Å². The Morgan fingerprint density at radius 3 is 2.00 bits per heavy atom. The monoisotopic (exact) mass is 412 g/mol. The fourth-order valence-corrected chi connectivity index (χ4v) is 4.01. The molecule has 1 unspecified atom stereocenters. The van der Waals surface area contributed by atoms with Gasteiger partial charge in [-0.15, -0.1) is 0 Å². The molecule has 0 radical (unpaired) electrons. The number of benzene rings is 2. The number of carbonyl (C=O) groups is 1. The smallest absolute Gasteiger partial charge is 0.241 e. The highest BCUT2D eigenvalue weighted by Gasteiger charge is 2.26. The lowest BCUT2D eigenvalue weighted by atomic mass is 10.2. The van der Waals surface area contributed by atoms with Crippen LogP contribution in [-0.2, 0) is 9.53 Å². The van der Waals surface area contributed by atoms with Crippen LogP contribution in [0.1, 0.15) is 6.92 Å². The number of amides is 1. The minimum absolute atomic E-state index is 0.00403. The van der Waals surface area contributed by atoms with E-state index in [4.69, 9.17) is 4.74 Å². The van der Waals surface area contributed by atoms with Crippen molar-refractivity contribution >= 4 is 23.0 Å². The van der Waals surface area contributed by atoms with Crippen LogP contribution in [0, 0.1) is 5.82 Å². The number of piperazine rings is 1. The molecule has 30 heavy (non-hydrogen) atoms. The summed E-state index contributed by atoms with van der Waals surface area (Å²) < 4.78 is 18.5. The Hall–Kier alpha value is -2.64. The van der Waals surface area contributed by atoms with Crippen molar-refractivity contribution in [3.63, 3.8) is 0 Å². The SMILES string of the molecule is CC(C(=O)Nc1ccc(N2CCOCC2)cc1)N1CCN(c2ccc(F)cc2)CC1. The third kappa shape index (κ3) is 4.91. The number of halogens is 1. The summed E-state index contributed by atoms with van der Waals surface area (Å²) in [6, 6.07) is 14.4. The van der Waals surface area contributed by atoms with Crippen LogP contribution >= 0.6 is 0 Å². The van der Waals surface area contributed by atoms with Crippen molar-refractivity contribution in [2.24, 2.45) is 0 Å². The zero-order valence-electron chi connectivity index (χ0n) is 17.4. The maximum absolute atomic E-state index is 13.1. The first-order valence-electron chi connectivity index (χ1n) is 10.6. The quantitative estimate of drug-likeness (QED) is 0.819. The van der Waals surface area contributed by atoms with Crippen molar-refractivity contribution in [1.29, 1.82) is 0 Å². The molecule has 0 aliphatic carbocycles. The molecule has 2 saturated heterocycles. The van der Waals surface area contributed by atoms with Gasteiger partial charge in [0.1, 0.15) is 5.82 Å². The Labute approximate surface area is 177 Å². The van der Waals surface area contributed by atoms with E-state index in [0.29, 0.717) is 0 Å². The molecule has 6 nitrogen and oxygen atoms in total. The maximum Gasteiger partial charge on any atom is 0.241 e. The lowest BCUT2D eigenvalue weighted by Crippen LogP contribution is -2.52. The molecule has 2 aliphatic heterocycles. The number of hydrogen-bond acceptors (Lipinski definition) is 5. The van der Waals surface area contributed by atoms with Gasteiger partial charge < -0.3 is 19.9 Å². The van der Waals surface area contributed by atoms with E-state index in [2.05, 4.69) is 20.0 Å². The molecule has 2 aromatic rings. The van der Waals surface area contributed by atoms with Gasteiger partial charge >= 0.3 is 0 Å². The number of anilines is 3. The van der Waals surface area contributed by atoms with E-state index in [0.717, 1.165) is 69.5 Å². The minimum atomic E-state index is -0.222. The number of rotatable bonds is 5. The van der Waals surface area contributed by atoms with Crippen LogP contribution in [0.15, 0.2) is 48.5 Å². The normalized spacial score (nSPS) is 18.9. The van der Waals surface area contributed by atoms with Gasteiger partial charge in [-0.3, -0.25) is 9.69 Å². The molecular formula is C23H29FN4O2. The Balaban J connectivity index is 1.28. The van der Waals surface area contributed by atoms with Gasteiger partial charge in [-0.05, 0) is 55.5 Å². The molecule has 160 valence electrons. The number of hydrogen-bond donors (Lipinski definition) is 1. The molecule has 0 saturated carbocycles. The molecule has 0 spiro atoms. The van der Waals surface area contributed by atoms with Gasteiger partial charge in [0.25, 0.3) is 0 Å². The first kappa shape index (κ1) is 20.6. The van der Waals surface area contributed by atoms with E-state index in [1.165, 1.54) is 12.1 Å². The van der Waals surface area contributed by atoms with Crippen LogP contribution < -0.4 is 15.1 Å². The van der Waals surface area contributed by atoms with Crippen molar-refractivity contribution in [2.45, 2.75) is 13.0 Å². The second kappa shape index (κ2) is 9.45. The fourth-order valence-electron chi connectivity index (χ4n) is 4.01. The largest absolute Gasteiger partial charge is 0.378 e. The zero-order chi connectivity index (χ0) is 20.9. The predicted molar refractivity (Wildman–Crippen MR) is 118 cm³/mol. The maximum atomic E-state index is 13.1. The molecule has 1 atom stereocenters. The van der Waals surface area contributed by atoms with Crippen LogP contribution in [0.3, 0.4) is 0 Å². The minimum Gasteiger partial charge on any atom is -0.378 e. The number of nitrogens with zero attached hydrogens (tertiary/aromatic N) is 3. The molecule has 7 heteroatoms. The molecule has 1 amide bonds. The van der Waals surface area contributed by atoms with Crippen LogP contribution in [0.2, 0.25) is 0 Å². The van der Waals surface area contributed by atoms with Crippen molar-refractivity contribution in [3.8, 4) is 0 Å². The molecule has 2 heterocycles. The summed E-state index contributed by atoms with van der Waals surface area (Å²) in [5.74, 6) is -0.218. The van der Waals surface area contributed by atoms with Crippen molar-refractivity contribution in [1.82, 2.24) is 4.90 Å². The Morgan fingerprint density at radius 1 is 0.867 bits per heavy atom. The second-order valence-corrected chi connectivity index (χ2v) is 7.81. The van der Waals surface area contributed by atoms with Gasteiger partial charge in [0.15, 0.2) is 0 Å². The third-order valence-corrected chi connectivity index (χ3v) is 5.94. The lowest BCUT2D eigenvalue weighted by Gasteiger charge is -2.38. The molecule has 2 aliphatic rings. The Morgan fingerprint density at radius 2 is 1.40 bits per heavy atom. The Kier molecular flexibility index (Phi) is 6.50. The summed E-state index contributed by atoms with van der Waals surface area (Å²) >= 11 is 0. The highest BCUT2D eigenvalue weighted by molar-refractivity contribution is 5.94. The predicted octanol–water partition coefficient (Wildman–Crippen LogP) is 2.81. The fraction of sp³-hybridized carbons (Fsp3) is 0.435. The van der Waals surface area contributed by atoms with Crippen LogP contribution in [0.5, 0.6) is 0 Å². The standard InChI is InChI=1S/C23H29FN4O2/c1-18(26-10-12-27(13-11-26)21-6-2-19(24)3-7-21)23(29)25-20-4-8-22(9-5-20)28-14-16-30-17-15-28/h2-9,18H,10-17H2,1H3,(H,25,29). The molecule has 0 aromatic heterocycles. The average Bonchev–Trinajstić information content (AvgIpc) is 2.80. The van der Waals surface area contributed by atoms with E-state index >= 15 is 0 Å². The molecule has 2 fully saturated rings. The van der Waals surface area contributed by atoms with E-state index in [9.17, 15) is 9.18 Å². The molecule has 4 rings (SSSR count). The number of carbonyl (C=O) groups excluding carboxylic acids is 1. The van der Waals surface area contributed by atoms with Crippen LogP contribution in [0.25, 0.3) is 0 Å². The molecule has 2 aromatic carbocycles. The van der Waals surface area contributed by atoms with Crippen molar-refractivity contribution in [3.05, 3.63) is 54.3 Å². The third-order valence-electron chi connectivity index (χ3n) is 5.94. The summed E-state index contributed by atoms with van der Waals surface area (Å²) in [4.78, 5) is 19.5. The summed E-state index contributed by atoms with van der Waals surface area (Å²) in [6.07, 6.45) is 0. The second-order valence-electron chi connectivity index (χ2n) is 7.81. The van der Waals surface area contributed by atoms with Gasteiger partial charge in [0.05, 0.1) is 19.3 Å². The van der Waals surface area contributed by atoms with Crippen molar-refractivity contribution in [2.75, 3.05) is 67.6 Å². The summed E-state index contributed by atoms with van der Waals surface area (Å²) in [5, 5.41) is 3.04. The highest BCUT2D eigenvalue weighted by Crippen LogP contribution is 2.21. The number of ether oxygens (including phenoxy) is 1. The Bertz CT molecular complexity index is 829. The topological polar surface area (TPSA) is 48.1 Å². The van der Waals surface area contributed by atoms with Gasteiger partial charge in [-0.2, -0.15) is 0 Å². The van der Waals surface area contributed by atoms with Gasteiger partial charge in [-0.1, -0.05) is 0 Å². The number of nitrogens with one attached hydrogen (secondary N) is 1. The van der Waals surface area contributed by atoms with E-state index < -0.39 is 0 Å². The molecular weight excluding hydrogens is 383 g/mol. The first-order valence-corrected chi connectivity index (χ1v) is 10.6. The van der Waals surface area contributed by atoms with Crippen LogP contribution in [-0.4, -0.2) is 69.3 Å². The van der Waals surface area contributed by atoms with Crippen LogP contribution in [0.4, 0.5) is 21.5 Å². The highest BCUT2D eigenvalue weighted by atomic mass is 19.1. The first-order chi connectivity index (χ1) is 14.6. The number of morpholine rings is 1.